The van der Waals surface area contributed by atoms with E-state index in [9.17, 15) is 4.79 Å². The molecule has 3 rings (SSSR count). The minimum absolute atomic E-state index is 0.142. The summed E-state index contributed by atoms with van der Waals surface area (Å²) in [5.41, 5.74) is 2.45. The quantitative estimate of drug-likeness (QED) is 0.502. The summed E-state index contributed by atoms with van der Waals surface area (Å²) in [5, 5.41) is 4.04. The van der Waals surface area contributed by atoms with Crippen molar-refractivity contribution in [3.05, 3.63) is 35.5 Å². The Kier molecular flexibility index (Phi) is 8.35. The molecule has 6 heteroatoms. The van der Waals surface area contributed by atoms with E-state index in [0.29, 0.717) is 13.2 Å². The predicted molar refractivity (Wildman–Crippen MR) is 127 cm³/mol. The summed E-state index contributed by atoms with van der Waals surface area (Å²) in [4.78, 5) is 16.9. The Morgan fingerprint density at radius 3 is 2.56 bits per heavy atom. The summed E-state index contributed by atoms with van der Waals surface area (Å²) >= 11 is 0. The van der Waals surface area contributed by atoms with Crippen LogP contribution in [0.15, 0.2) is 24.3 Å². The van der Waals surface area contributed by atoms with E-state index in [1.165, 1.54) is 0 Å². The maximum absolute atomic E-state index is 12.0. The summed E-state index contributed by atoms with van der Waals surface area (Å²) < 4.78 is 17.8. The summed E-state index contributed by atoms with van der Waals surface area (Å²) in [6.45, 7) is 11.0. The lowest BCUT2D eigenvalue weighted by Gasteiger charge is -2.30. The normalized spacial score (nSPS) is 19.0. The zero-order chi connectivity index (χ0) is 23.1. The molecule has 0 radical (unpaired) electrons. The molecule has 1 aromatic carbocycles. The first kappa shape index (κ1) is 24.3. The van der Waals surface area contributed by atoms with Crippen LogP contribution in [0.2, 0.25) is 0 Å². The van der Waals surface area contributed by atoms with Crippen molar-refractivity contribution in [2.45, 2.75) is 97.5 Å². The second-order valence-corrected chi connectivity index (χ2v) is 9.66. The third kappa shape index (κ3) is 6.83. The number of aromatic nitrogens is 1. The molecule has 0 bridgehead atoms. The minimum Gasteiger partial charge on any atom is -0.493 e. The van der Waals surface area contributed by atoms with E-state index in [1.807, 2.05) is 39.0 Å². The van der Waals surface area contributed by atoms with Gasteiger partial charge in [0.15, 0.2) is 0 Å². The standard InChI is InChI=1S/C26H38N2O4/c1-6-7-16-30-24-18(2)23(28-22-11-9-8-10-21(22)24)17-31-20-14-12-19(13-15-20)27-25(29)32-26(3,4)5/h8-11,19-20H,6-7,12-17H2,1-5H3,(H,27,29)/t19-,20-. The summed E-state index contributed by atoms with van der Waals surface area (Å²) in [5.74, 6) is 0.924. The molecule has 176 valence electrons. The number of amides is 1. The van der Waals surface area contributed by atoms with Gasteiger partial charge in [0.05, 0.1) is 30.5 Å². The number of nitrogens with one attached hydrogen (secondary N) is 1. The first-order chi connectivity index (χ1) is 15.3. The SMILES string of the molecule is CCCCOc1c(C)c(CO[C@H]2CC[C@H](NC(=O)OC(C)(C)C)CC2)nc2ccccc12. The average molecular weight is 443 g/mol. The van der Waals surface area contributed by atoms with E-state index in [1.54, 1.807) is 0 Å². The molecule has 1 saturated carbocycles. The van der Waals surface area contributed by atoms with Crippen LogP contribution < -0.4 is 10.1 Å². The van der Waals surface area contributed by atoms with E-state index in [4.69, 9.17) is 19.2 Å². The van der Waals surface area contributed by atoms with Crippen molar-refractivity contribution >= 4 is 17.0 Å². The van der Waals surface area contributed by atoms with Crippen molar-refractivity contribution in [1.82, 2.24) is 10.3 Å². The number of hydrogen-bond acceptors (Lipinski definition) is 5. The van der Waals surface area contributed by atoms with E-state index >= 15 is 0 Å². The highest BCUT2D eigenvalue weighted by atomic mass is 16.6. The van der Waals surface area contributed by atoms with Crippen LogP contribution in [0.3, 0.4) is 0 Å². The topological polar surface area (TPSA) is 69.7 Å². The maximum atomic E-state index is 12.0. The number of nitrogens with zero attached hydrogens (tertiary/aromatic N) is 1. The zero-order valence-corrected chi connectivity index (χ0v) is 20.2. The molecular formula is C26H38N2O4. The molecule has 6 nitrogen and oxygen atoms in total. The Hall–Kier alpha value is -2.34. The van der Waals surface area contributed by atoms with Crippen molar-refractivity contribution in [3.63, 3.8) is 0 Å². The van der Waals surface area contributed by atoms with Gasteiger partial charge in [-0.2, -0.15) is 0 Å². The number of unbranched alkanes of at least 4 members (excludes halogenated alkanes) is 1. The number of fused-ring (bicyclic) bond motifs is 1. The van der Waals surface area contributed by atoms with E-state index in [0.717, 1.165) is 66.4 Å². The van der Waals surface area contributed by atoms with Crippen LogP contribution in [-0.4, -0.2) is 35.4 Å². The molecule has 2 aromatic rings. The molecular weight excluding hydrogens is 404 g/mol. The molecule has 0 spiro atoms. The lowest BCUT2D eigenvalue weighted by molar-refractivity contribution is 0.00681. The van der Waals surface area contributed by atoms with Crippen LogP contribution in [-0.2, 0) is 16.1 Å². The van der Waals surface area contributed by atoms with Crippen LogP contribution >= 0.6 is 0 Å². The first-order valence-corrected chi connectivity index (χ1v) is 11.9. The van der Waals surface area contributed by atoms with Gasteiger partial charge in [0.1, 0.15) is 11.4 Å². The fourth-order valence-electron chi connectivity index (χ4n) is 4.02. The molecule has 0 saturated heterocycles. The molecule has 1 fully saturated rings. The largest absolute Gasteiger partial charge is 0.493 e. The molecule has 1 aliphatic rings. The van der Waals surface area contributed by atoms with Crippen molar-refractivity contribution < 1.29 is 19.0 Å². The zero-order valence-electron chi connectivity index (χ0n) is 20.2. The number of ether oxygens (including phenoxy) is 3. The highest BCUT2D eigenvalue weighted by Crippen LogP contribution is 2.32. The van der Waals surface area contributed by atoms with Gasteiger partial charge in [-0.05, 0) is 71.9 Å². The van der Waals surface area contributed by atoms with Gasteiger partial charge in [0.25, 0.3) is 0 Å². The molecule has 1 amide bonds. The highest BCUT2D eigenvalue weighted by molar-refractivity contribution is 5.86. The van der Waals surface area contributed by atoms with Gasteiger partial charge in [-0.1, -0.05) is 25.5 Å². The Morgan fingerprint density at radius 1 is 1.16 bits per heavy atom. The Morgan fingerprint density at radius 2 is 1.88 bits per heavy atom. The summed E-state index contributed by atoms with van der Waals surface area (Å²) in [7, 11) is 0. The molecule has 0 atom stereocenters. The molecule has 1 aromatic heterocycles. The van der Waals surface area contributed by atoms with Gasteiger partial charge in [-0.15, -0.1) is 0 Å². The van der Waals surface area contributed by atoms with Gasteiger partial charge < -0.3 is 19.5 Å². The number of rotatable bonds is 8. The van der Waals surface area contributed by atoms with Gasteiger partial charge in [-0.25, -0.2) is 9.78 Å². The second kappa shape index (κ2) is 11.0. The maximum Gasteiger partial charge on any atom is 0.407 e. The van der Waals surface area contributed by atoms with Crippen LogP contribution in [0, 0.1) is 6.92 Å². The molecule has 1 heterocycles. The van der Waals surface area contributed by atoms with Crippen molar-refractivity contribution in [3.8, 4) is 5.75 Å². The number of alkyl carbamates (subject to hydrolysis) is 1. The molecule has 32 heavy (non-hydrogen) atoms. The average Bonchev–Trinajstić information content (AvgIpc) is 2.74. The van der Waals surface area contributed by atoms with E-state index in [2.05, 4.69) is 25.2 Å². The van der Waals surface area contributed by atoms with Crippen LogP contribution in [0.25, 0.3) is 10.9 Å². The first-order valence-electron chi connectivity index (χ1n) is 11.9. The predicted octanol–water partition coefficient (Wildman–Crippen LogP) is 6.07. The fourth-order valence-corrected chi connectivity index (χ4v) is 4.02. The van der Waals surface area contributed by atoms with E-state index < -0.39 is 5.60 Å². The number of pyridine rings is 1. The Bertz CT molecular complexity index is 899. The number of carbonyl (C=O) groups excluding carboxylic acids is 1. The lowest BCUT2D eigenvalue weighted by atomic mass is 9.93. The van der Waals surface area contributed by atoms with E-state index in [-0.39, 0.29) is 18.2 Å². The highest BCUT2D eigenvalue weighted by Gasteiger charge is 2.25. The van der Waals surface area contributed by atoms with Crippen molar-refractivity contribution in [2.24, 2.45) is 0 Å². The van der Waals surface area contributed by atoms with Gasteiger partial charge in [0, 0.05) is 17.0 Å². The number of benzene rings is 1. The number of carbonyl (C=O) groups is 1. The minimum atomic E-state index is -0.478. The third-order valence-corrected chi connectivity index (χ3v) is 5.77. The fraction of sp³-hybridized carbons (Fsp3) is 0.615. The van der Waals surface area contributed by atoms with Crippen molar-refractivity contribution in [1.29, 1.82) is 0 Å². The monoisotopic (exact) mass is 442 g/mol. The molecule has 0 unspecified atom stereocenters. The summed E-state index contributed by atoms with van der Waals surface area (Å²) in [6.07, 6.45) is 5.56. The Labute approximate surface area is 192 Å². The van der Waals surface area contributed by atoms with Crippen LogP contribution in [0.5, 0.6) is 5.75 Å². The van der Waals surface area contributed by atoms with Gasteiger partial charge in [-0.3, -0.25) is 0 Å². The third-order valence-electron chi connectivity index (χ3n) is 5.77. The Balaban J connectivity index is 1.57. The molecule has 1 N–H and O–H groups in total. The molecule has 1 aliphatic carbocycles. The van der Waals surface area contributed by atoms with Crippen LogP contribution in [0.1, 0.15) is 77.5 Å². The molecule has 0 aliphatic heterocycles. The number of para-hydroxylation sites is 1. The smallest absolute Gasteiger partial charge is 0.407 e. The van der Waals surface area contributed by atoms with Gasteiger partial charge >= 0.3 is 6.09 Å². The number of hydrogen-bond donors (Lipinski definition) is 1. The van der Waals surface area contributed by atoms with Gasteiger partial charge in [0.2, 0.25) is 0 Å². The van der Waals surface area contributed by atoms with Crippen LogP contribution in [0.4, 0.5) is 4.79 Å². The summed E-state index contributed by atoms with van der Waals surface area (Å²) in [6, 6.07) is 8.27. The van der Waals surface area contributed by atoms with Crippen molar-refractivity contribution in [2.75, 3.05) is 6.61 Å². The lowest BCUT2D eigenvalue weighted by Crippen LogP contribution is -2.41. The second-order valence-electron chi connectivity index (χ2n) is 9.66.